The van der Waals surface area contributed by atoms with Crippen LogP contribution in [0.4, 0.5) is 0 Å². The SMILES string of the molecule is CCCCc1csc(C=C(Cc2cc3c(cc2OC)OCO3)C(=O)O)c1-c1ccc(OC)cc1OCc1ccccc1C(=O)O. The summed E-state index contributed by atoms with van der Waals surface area (Å²) in [6, 6.07) is 15.7. The zero-order valence-electron chi connectivity index (χ0n) is 25.3. The molecule has 9 nitrogen and oxygen atoms in total. The lowest BCUT2D eigenvalue weighted by atomic mass is 9.95. The third-order valence-corrected chi connectivity index (χ3v) is 8.50. The fourth-order valence-electron chi connectivity index (χ4n) is 5.19. The molecule has 1 aliphatic rings. The van der Waals surface area contributed by atoms with Crippen molar-refractivity contribution >= 4 is 29.4 Å². The first kappa shape index (κ1) is 31.5. The first-order valence-corrected chi connectivity index (χ1v) is 15.3. The van der Waals surface area contributed by atoms with Crippen molar-refractivity contribution in [3.8, 4) is 39.9 Å². The summed E-state index contributed by atoms with van der Waals surface area (Å²) in [5, 5.41) is 22.0. The average molecular weight is 631 g/mol. The minimum Gasteiger partial charge on any atom is -0.497 e. The molecule has 10 heteroatoms. The number of unbranched alkanes of at least 4 members (excludes halogenated alkanes) is 1. The Morgan fingerprint density at radius 2 is 1.71 bits per heavy atom. The van der Waals surface area contributed by atoms with Crippen LogP contribution in [0.1, 0.15) is 51.7 Å². The topological polar surface area (TPSA) is 121 Å². The normalized spacial score (nSPS) is 12.2. The maximum absolute atomic E-state index is 12.6. The zero-order chi connectivity index (χ0) is 31.9. The van der Waals surface area contributed by atoms with Gasteiger partial charge in [0.25, 0.3) is 0 Å². The second-order valence-corrected chi connectivity index (χ2v) is 11.3. The van der Waals surface area contributed by atoms with Gasteiger partial charge < -0.3 is 33.9 Å². The van der Waals surface area contributed by atoms with Gasteiger partial charge in [0.05, 0.1) is 19.8 Å². The van der Waals surface area contributed by atoms with Crippen LogP contribution in [0.3, 0.4) is 0 Å². The third kappa shape index (κ3) is 7.07. The van der Waals surface area contributed by atoms with E-state index in [0.29, 0.717) is 39.9 Å². The number of hydrogen-bond acceptors (Lipinski definition) is 8. The van der Waals surface area contributed by atoms with E-state index >= 15 is 0 Å². The Morgan fingerprint density at radius 1 is 0.933 bits per heavy atom. The second kappa shape index (κ2) is 14.2. The number of fused-ring (bicyclic) bond motifs is 1. The van der Waals surface area contributed by atoms with E-state index in [-0.39, 0.29) is 31.0 Å². The number of carbonyl (C=O) groups is 2. The van der Waals surface area contributed by atoms with Crippen molar-refractivity contribution in [1.82, 2.24) is 0 Å². The van der Waals surface area contributed by atoms with Crippen LogP contribution < -0.4 is 23.7 Å². The van der Waals surface area contributed by atoms with Crippen LogP contribution >= 0.6 is 11.3 Å². The van der Waals surface area contributed by atoms with Gasteiger partial charge in [-0.15, -0.1) is 11.3 Å². The number of aromatic carboxylic acids is 1. The molecule has 3 aromatic carbocycles. The quantitative estimate of drug-likeness (QED) is 0.137. The summed E-state index contributed by atoms with van der Waals surface area (Å²) >= 11 is 1.47. The minimum absolute atomic E-state index is 0.0204. The fraction of sp³-hybridized carbons (Fsp3) is 0.257. The number of aryl methyl sites for hydroxylation is 1. The molecule has 0 saturated heterocycles. The highest BCUT2D eigenvalue weighted by atomic mass is 32.1. The Morgan fingerprint density at radius 3 is 2.42 bits per heavy atom. The smallest absolute Gasteiger partial charge is 0.336 e. The lowest BCUT2D eigenvalue weighted by Crippen LogP contribution is -2.06. The molecule has 0 radical (unpaired) electrons. The van der Waals surface area contributed by atoms with E-state index in [4.69, 9.17) is 23.7 Å². The second-order valence-electron chi connectivity index (χ2n) is 10.4. The van der Waals surface area contributed by atoms with Gasteiger partial charge >= 0.3 is 11.9 Å². The van der Waals surface area contributed by atoms with Crippen molar-refractivity contribution < 1.29 is 43.5 Å². The molecule has 2 N–H and O–H groups in total. The molecule has 45 heavy (non-hydrogen) atoms. The lowest BCUT2D eigenvalue weighted by Gasteiger charge is -2.16. The highest BCUT2D eigenvalue weighted by molar-refractivity contribution is 7.11. The number of aliphatic carboxylic acids is 1. The van der Waals surface area contributed by atoms with E-state index in [0.717, 1.165) is 40.8 Å². The summed E-state index contributed by atoms with van der Waals surface area (Å²) in [7, 11) is 3.09. The van der Waals surface area contributed by atoms with Gasteiger partial charge in [-0.25, -0.2) is 9.59 Å². The van der Waals surface area contributed by atoms with Gasteiger partial charge in [-0.05, 0) is 54.1 Å². The largest absolute Gasteiger partial charge is 0.497 e. The minimum atomic E-state index is -1.05. The van der Waals surface area contributed by atoms with Gasteiger partial charge in [-0.2, -0.15) is 0 Å². The Bertz CT molecular complexity index is 1740. The number of thiophene rings is 1. The standard InChI is InChI=1S/C35H34O9S/c1-4-5-8-22-19-45-32(15-24(34(36)37)13-23-14-30-31(44-20-43-30)17-28(23)41-3)33(22)27-12-11-25(40-2)16-29(27)42-18-21-9-6-7-10-26(21)35(38)39/h6-7,9-12,14-17,19H,4-5,8,13,18,20H2,1-3H3,(H,36,37)(H,38,39). The van der Waals surface area contributed by atoms with Crippen molar-refractivity contribution in [2.75, 3.05) is 21.0 Å². The summed E-state index contributed by atoms with van der Waals surface area (Å²) in [4.78, 5) is 25.2. The molecule has 0 amide bonds. The number of methoxy groups -OCH3 is 2. The van der Waals surface area contributed by atoms with Gasteiger partial charge in [-0.3, -0.25) is 0 Å². The predicted octanol–water partition coefficient (Wildman–Crippen LogP) is 7.49. The number of ether oxygens (including phenoxy) is 5. The maximum Gasteiger partial charge on any atom is 0.336 e. The zero-order valence-corrected chi connectivity index (χ0v) is 26.1. The number of benzene rings is 3. The van der Waals surface area contributed by atoms with Crippen LogP contribution in [-0.4, -0.2) is 43.2 Å². The van der Waals surface area contributed by atoms with Crippen molar-refractivity contribution in [2.45, 2.75) is 39.2 Å². The molecule has 2 heterocycles. The van der Waals surface area contributed by atoms with Crippen LogP contribution in [0.2, 0.25) is 0 Å². The number of hydrogen-bond donors (Lipinski definition) is 2. The van der Waals surface area contributed by atoms with E-state index in [1.165, 1.54) is 18.4 Å². The molecule has 0 saturated carbocycles. The van der Waals surface area contributed by atoms with Crippen molar-refractivity contribution in [2.24, 2.45) is 0 Å². The molecule has 234 valence electrons. The Kier molecular flexibility index (Phi) is 9.94. The van der Waals surface area contributed by atoms with E-state index in [1.54, 1.807) is 55.7 Å². The van der Waals surface area contributed by atoms with Gasteiger partial charge in [0.15, 0.2) is 11.5 Å². The Hall–Kier alpha value is -4.96. The van der Waals surface area contributed by atoms with E-state index < -0.39 is 11.9 Å². The van der Waals surface area contributed by atoms with Crippen LogP contribution in [0.5, 0.6) is 28.7 Å². The third-order valence-electron chi connectivity index (χ3n) is 7.52. The predicted molar refractivity (Wildman–Crippen MR) is 171 cm³/mol. The van der Waals surface area contributed by atoms with E-state index in [9.17, 15) is 19.8 Å². The molecule has 0 spiro atoms. The van der Waals surface area contributed by atoms with E-state index in [1.807, 2.05) is 12.1 Å². The van der Waals surface area contributed by atoms with Crippen LogP contribution in [0.25, 0.3) is 17.2 Å². The number of rotatable bonds is 14. The van der Waals surface area contributed by atoms with Gasteiger partial charge in [0.2, 0.25) is 6.79 Å². The van der Waals surface area contributed by atoms with Gasteiger partial charge in [-0.1, -0.05) is 31.5 Å². The van der Waals surface area contributed by atoms with Crippen LogP contribution in [-0.2, 0) is 24.2 Å². The highest BCUT2D eigenvalue weighted by Crippen LogP contribution is 2.43. The molecule has 0 aliphatic carbocycles. The molecular weight excluding hydrogens is 596 g/mol. The van der Waals surface area contributed by atoms with Crippen molar-refractivity contribution in [1.29, 1.82) is 0 Å². The fourth-order valence-corrected chi connectivity index (χ4v) is 6.26. The highest BCUT2D eigenvalue weighted by Gasteiger charge is 2.23. The molecule has 0 fully saturated rings. The summed E-state index contributed by atoms with van der Waals surface area (Å²) in [6.07, 6.45) is 4.53. The Labute approximate surface area is 265 Å². The van der Waals surface area contributed by atoms with Crippen molar-refractivity contribution in [3.63, 3.8) is 0 Å². The van der Waals surface area contributed by atoms with Crippen molar-refractivity contribution in [3.05, 3.63) is 92.7 Å². The van der Waals surface area contributed by atoms with Gasteiger partial charge in [0, 0.05) is 51.3 Å². The molecule has 4 aromatic rings. The number of carboxylic acids is 2. The molecule has 0 unspecified atom stereocenters. The first-order chi connectivity index (χ1) is 21.8. The summed E-state index contributed by atoms with van der Waals surface area (Å²) in [5.74, 6) is 0.579. The molecule has 0 atom stereocenters. The average Bonchev–Trinajstić information content (AvgIpc) is 3.68. The Balaban J connectivity index is 1.58. The van der Waals surface area contributed by atoms with Gasteiger partial charge in [0.1, 0.15) is 23.9 Å². The molecule has 5 rings (SSSR count). The molecular formula is C35H34O9S. The summed E-state index contributed by atoms with van der Waals surface area (Å²) in [5.41, 5.74) is 4.21. The van der Waals surface area contributed by atoms with Crippen LogP contribution in [0, 0.1) is 0 Å². The maximum atomic E-state index is 12.6. The molecule has 0 bridgehead atoms. The first-order valence-electron chi connectivity index (χ1n) is 14.5. The van der Waals surface area contributed by atoms with E-state index in [2.05, 4.69) is 12.3 Å². The number of carboxylic acid groups (broad SMARTS) is 2. The molecule has 1 aromatic heterocycles. The summed E-state index contributed by atoms with van der Waals surface area (Å²) < 4.78 is 28.3. The monoisotopic (exact) mass is 630 g/mol. The lowest BCUT2D eigenvalue weighted by molar-refractivity contribution is -0.132. The molecule has 1 aliphatic heterocycles. The van der Waals surface area contributed by atoms with Crippen LogP contribution in [0.15, 0.2) is 65.6 Å². The summed E-state index contributed by atoms with van der Waals surface area (Å²) in [6.45, 7) is 2.24.